The van der Waals surface area contributed by atoms with Gasteiger partial charge in [-0.05, 0) is 18.6 Å². The minimum absolute atomic E-state index is 0.204. The fourth-order valence-corrected chi connectivity index (χ4v) is 3.60. The fourth-order valence-electron chi connectivity index (χ4n) is 3.60. The number of nitrogens with one attached hydrogen (secondary N) is 1. The largest absolute Gasteiger partial charge is 0.355 e. The van der Waals surface area contributed by atoms with Crippen LogP contribution in [-0.4, -0.2) is 35.7 Å². The molecular weight excluding hydrogens is 352 g/mol. The third-order valence-electron chi connectivity index (χ3n) is 5.28. The average molecular weight is 387 g/mol. The Labute approximate surface area is 168 Å². The van der Waals surface area contributed by atoms with E-state index in [0.29, 0.717) is 17.7 Å². The van der Waals surface area contributed by atoms with E-state index >= 15 is 0 Å². The van der Waals surface area contributed by atoms with Gasteiger partial charge in [-0.2, -0.15) is 0 Å². The van der Waals surface area contributed by atoms with Gasteiger partial charge in [-0.25, -0.2) is 0 Å². The van der Waals surface area contributed by atoms with Crippen molar-refractivity contribution in [2.24, 2.45) is 0 Å². The van der Waals surface area contributed by atoms with Crippen molar-refractivity contribution in [2.45, 2.75) is 77.6 Å². The van der Waals surface area contributed by atoms with E-state index in [2.05, 4.69) is 12.2 Å². The Morgan fingerprint density at radius 3 is 1.75 bits per heavy atom. The molecule has 1 aromatic carbocycles. The van der Waals surface area contributed by atoms with Crippen molar-refractivity contribution in [3.63, 3.8) is 0 Å². The van der Waals surface area contributed by atoms with Gasteiger partial charge in [0.05, 0.1) is 11.1 Å². The van der Waals surface area contributed by atoms with Crippen LogP contribution in [0, 0.1) is 0 Å². The second-order valence-corrected chi connectivity index (χ2v) is 7.63. The summed E-state index contributed by atoms with van der Waals surface area (Å²) in [6.07, 6.45) is 13.9. The molecule has 154 valence electrons. The summed E-state index contributed by atoms with van der Waals surface area (Å²) in [5, 5.41) is 2.82. The van der Waals surface area contributed by atoms with Crippen LogP contribution in [0.4, 0.5) is 0 Å². The standard InChI is InChI=1S/C23H34N2O3/c1-2-3-4-5-6-7-8-9-10-11-14-17-24-21(26)18-25-22(27)19-15-12-13-16-20(19)23(25)28/h12-13,15-16H,2-11,14,17-18H2,1H3,(H,24,26). The van der Waals surface area contributed by atoms with Gasteiger partial charge in [0.2, 0.25) is 5.91 Å². The molecule has 0 aliphatic carbocycles. The first-order valence-electron chi connectivity index (χ1n) is 10.9. The lowest BCUT2D eigenvalue weighted by Gasteiger charge is -2.13. The molecule has 1 aromatic rings. The number of amides is 3. The first-order chi connectivity index (χ1) is 13.6. The molecule has 1 aliphatic rings. The van der Waals surface area contributed by atoms with Gasteiger partial charge in [0.1, 0.15) is 6.54 Å². The SMILES string of the molecule is CCCCCCCCCCCCCNC(=O)CN1C(=O)c2ccccc2C1=O. The van der Waals surface area contributed by atoms with Gasteiger partial charge >= 0.3 is 0 Å². The molecule has 0 fully saturated rings. The van der Waals surface area contributed by atoms with Crippen LogP contribution >= 0.6 is 0 Å². The van der Waals surface area contributed by atoms with E-state index in [4.69, 9.17) is 0 Å². The van der Waals surface area contributed by atoms with Gasteiger partial charge in [0, 0.05) is 6.54 Å². The van der Waals surface area contributed by atoms with Crippen molar-refractivity contribution in [3.05, 3.63) is 35.4 Å². The molecule has 1 N–H and O–H groups in total. The van der Waals surface area contributed by atoms with Crippen LogP contribution in [0.15, 0.2) is 24.3 Å². The summed E-state index contributed by atoms with van der Waals surface area (Å²) in [5.74, 6) is -1.04. The molecule has 5 nitrogen and oxygen atoms in total. The predicted octanol–water partition coefficient (Wildman–Crippen LogP) is 4.71. The molecule has 0 radical (unpaired) electrons. The molecule has 2 rings (SSSR count). The monoisotopic (exact) mass is 386 g/mol. The first kappa shape index (κ1) is 22.1. The first-order valence-corrected chi connectivity index (χ1v) is 10.9. The molecule has 5 heteroatoms. The van der Waals surface area contributed by atoms with Gasteiger partial charge in [0.15, 0.2) is 0 Å². The molecule has 1 aliphatic heterocycles. The molecule has 0 atom stereocenters. The van der Waals surface area contributed by atoms with E-state index in [1.165, 1.54) is 57.8 Å². The number of imide groups is 1. The maximum atomic E-state index is 12.2. The number of rotatable bonds is 14. The predicted molar refractivity (Wildman–Crippen MR) is 111 cm³/mol. The van der Waals surface area contributed by atoms with E-state index in [9.17, 15) is 14.4 Å². The lowest BCUT2D eigenvalue weighted by atomic mass is 10.1. The third-order valence-corrected chi connectivity index (χ3v) is 5.28. The molecule has 0 spiro atoms. The third kappa shape index (κ3) is 6.77. The van der Waals surface area contributed by atoms with Crippen LogP contribution < -0.4 is 5.32 Å². The lowest BCUT2D eigenvalue weighted by molar-refractivity contribution is -0.121. The Kier molecular flexibility index (Phi) is 9.73. The highest BCUT2D eigenvalue weighted by molar-refractivity contribution is 6.22. The van der Waals surface area contributed by atoms with Crippen molar-refractivity contribution in [3.8, 4) is 0 Å². The van der Waals surface area contributed by atoms with Crippen LogP contribution in [0.5, 0.6) is 0 Å². The van der Waals surface area contributed by atoms with Gasteiger partial charge in [-0.1, -0.05) is 83.3 Å². The molecule has 0 bridgehead atoms. The summed E-state index contributed by atoms with van der Waals surface area (Å²) < 4.78 is 0. The fraction of sp³-hybridized carbons (Fsp3) is 0.609. The molecule has 0 unspecified atom stereocenters. The van der Waals surface area contributed by atoms with Crippen LogP contribution in [0.1, 0.15) is 98.3 Å². The van der Waals surface area contributed by atoms with Crippen LogP contribution in [0.25, 0.3) is 0 Å². The minimum atomic E-state index is -0.384. The number of carbonyl (C=O) groups is 3. The lowest BCUT2D eigenvalue weighted by Crippen LogP contribution is -2.40. The Balaban J connectivity index is 1.50. The van der Waals surface area contributed by atoms with Gasteiger partial charge in [-0.15, -0.1) is 0 Å². The zero-order valence-corrected chi connectivity index (χ0v) is 17.2. The zero-order valence-electron chi connectivity index (χ0n) is 17.2. The van der Waals surface area contributed by atoms with Crippen molar-refractivity contribution >= 4 is 17.7 Å². The van der Waals surface area contributed by atoms with Crippen molar-refractivity contribution in [1.29, 1.82) is 0 Å². The summed E-state index contributed by atoms with van der Waals surface area (Å²) in [6.45, 7) is 2.64. The highest BCUT2D eigenvalue weighted by atomic mass is 16.2. The van der Waals surface area contributed by atoms with E-state index in [1.807, 2.05) is 0 Å². The van der Waals surface area contributed by atoms with E-state index in [0.717, 1.165) is 17.7 Å². The van der Waals surface area contributed by atoms with Crippen LogP contribution in [-0.2, 0) is 4.79 Å². The Bertz CT molecular complexity index is 622. The summed E-state index contributed by atoms with van der Waals surface area (Å²) in [6, 6.07) is 6.69. The second kappa shape index (κ2) is 12.3. The van der Waals surface area contributed by atoms with Crippen molar-refractivity contribution in [1.82, 2.24) is 10.2 Å². The molecule has 1 heterocycles. The molecule has 28 heavy (non-hydrogen) atoms. The number of benzene rings is 1. The normalized spacial score (nSPS) is 13.1. The summed E-state index contributed by atoms with van der Waals surface area (Å²) >= 11 is 0. The zero-order chi connectivity index (χ0) is 20.2. The summed E-state index contributed by atoms with van der Waals surface area (Å²) in [4.78, 5) is 37.6. The highest BCUT2D eigenvalue weighted by Gasteiger charge is 2.36. The van der Waals surface area contributed by atoms with Gasteiger partial charge in [-0.3, -0.25) is 19.3 Å². The van der Waals surface area contributed by atoms with E-state index < -0.39 is 0 Å². The van der Waals surface area contributed by atoms with Crippen LogP contribution in [0.3, 0.4) is 0 Å². The van der Waals surface area contributed by atoms with Gasteiger partial charge < -0.3 is 5.32 Å². The highest BCUT2D eigenvalue weighted by Crippen LogP contribution is 2.21. The number of carbonyl (C=O) groups excluding carboxylic acids is 3. The number of hydrogen-bond acceptors (Lipinski definition) is 3. The second-order valence-electron chi connectivity index (χ2n) is 7.63. The van der Waals surface area contributed by atoms with Crippen LogP contribution in [0.2, 0.25) is 0 Å². The Morgan fingerprint density at radius 1 is 0.786 bits per heavy atom. The number of fused-ring (bicyclic) bond motifs is 1. The molecule has 0 aromatic heterocycles. The summed E-state index contributed by atoms with van der Waals surface area (Å²) in [7, 11) is 0. The van der Waals surface area contributed by atoms with E-state index in [-0.39, 0.29) is 24.3 Å². The topological polar surface area (TPSA) is 66.5 Å². The average Bonchev–Trinajstić information content (AvgIpc) is 2.94. The van der Waals surface area contributed by atoms with E-state index in [1.54, 1.807) is 24.3 Å². The maximum Gasteiger partial charge on any atom is 0.262 e. The van der Waals surface area contributed by atoms with Gasteiger partial charge in [0.25, 0.3) is 11.8 Å². The Morgan fingerprint density at radius 2 is 1.25 bits per heavy atom. The smallest absolute Gasteiger partial charge is 0.262 e. The minimum Gasteiger partial charge on any atom is -0.355 e. The van der Waals surface area contributed by atoms with Crippen molar-refractivity contribution < 1.29 is 14.4 Å². The molecular formula is C23H34N2O3. The number of nitrogens with zero attached hydrogens (tertiary/aromatic N) is 1. The number of hydrogen-bond donors (Lipinski definition) is 1. The Hall–Kier alpha value is -2.17. The quantitative estimate of drug-likeness (QED) is 0.372. The van der Waals surface area contributed by atoms with Crippen molar-refractivity contribution in [2.75, 3.05) is 13.1 Å². The maximum absolute atomic E-state index is 12.2. The molecule has 0 saturated heterocycles. The molecule has 3 amide bonds. The summed E-state index contributed by atoms with van der Waals surface area (Å²) in [5.41, 5.74) is 0.760. The number of unbranched alkanes of at least 4 members (excludes halogenated alkanes) is 10. The molecule has 0 saturated carbocycles.